The first-order valence-corrected chi connectivity index (χ1v) is 5.59. The van der Waals surface area contributed by atoms with Crippen molar-refractivity contribution in [3.8, 4) is 5.75 Å². The van der Waals surface area contributed by atoms with E-state index in [-0.39, 0.29) is 0 Å². The van der Waals surface area contributed by atoms with Crippen LogP contribution in [0.4, 0.5) is 5.69 Å². The summed E-state index contributed by atoms with van der Waals surface area (Å²) in [7, 11) is 0. The SMILES string of the molecule is CCNCCN1CCOc2ccccc21. The minimum atomic E-state index is 0.795. The average molecular weight is 206 g/mol. The van der Waals surface area contributed by atoms with Gasteiger partial charge in [-0.15, -0.1) is 0 Å². The number of hydrogen-bond acceptors (Lipinski definition) is 3. The molecule has 1 N–H and O–H groups in total. The van der Waals surface area contributed by atoms with Crippen LogP contribution in [0.3, 0.4) is 0 Å². The van der Waals surface area contributed by atoms with Crippen LogP contribution in [-0.4, -0.2) is 32.8 Å². The minimum absolute atomic E-state index is 0.795. The van der Waals surface area contributed by atoms with Gasteiger partial charge in [0.1, 0.15) is 12.4 Å². The van der Waals surface area contributed by atoms with E-state index in [1.807, 2.05) is 12.1 Å². The Morgan fingerprint density at radius 2 is 2.27 bits per heavy atom. The van der Waals surface area contributed by atoms with Crippen molar-refractivity contribution in [1.29, 1.82) is 0 Å². The number of ether oxygens (including phenoxy) is 1. The highest BCUT2D eigenvalue weighted by molar-refractivity contribution is 5.59. The summed E-state index contributed by atoms with van der Waals surface area (Å²) in [5.74, 6) is 1.01. The van der Waals surface area contributed by atoms with E-state index in [1.165, 1.54) is 5.69 Å². The van der Waals surface area contributed by atoms with Crippen molar-refractivity contribution in [3.05, 3.63) is 24.3 Å². The summed E-state index contributed by atoms with van der Waals surface area (Å²) in [5, 5.41) is 3.34. The van der Waals surface area contributed by atoms with Gasteiger partial charge in [-0.1, -0.05) is 19.1 Å². The molecular formula is C12H18N2O. The largest absolute Gasteiger partial charge is 0.490 e. The lowest BCUT2D eigenvalue weighted by Crippen LogP contribution is -2.37. The number of benzene rings is 1. The lowest BCUT2D eigenvalue weighted by molar-refractivity contribution is 0.307. The molecule has 0 fully saturated rings. The Morgan fingerprint density at radius 3 is 3.13 bits per heavy atom. The van der Waals surface area contributed by atoms with E-state index in [0.717, 1.165) is 38.5 Å². The second-order valence-corrected chi connectivity index (χ2v) is 3.66. The van der Waals surface area contributed by atoms with Crippen LogP contribution in [0.25, 0.3) is 0 Å². The monoisotopic (exact) mass is 206 g/mol. The van der Waals surface area contributed by atoms with E-state index >= 15 is 0 Å². The first-order valence-electron chi connectivity index (χ1n) is 5.59. The molecule has 1 aromatic rings. The quantitative estimate of drug-likeness (QED) is 0.755. The zero-order valence-electron chi connectivity index (χ0n) is 9.20. The summed E-state index contributed by atoms with van der Waals surface area (Å²) < 4.78 is 5.60. The van der Waals surface area contributed by atoms with Crippen molar-refractivity contribution < 1.29 is 4.74 Å². The molecule has 1 heterocycles. The molecule has 0 atom stereocenters. The molecule has 3 heteroatoms. The number of rotatable bonds is 4. The predicted octanol–water partition coefficient (Wildman–Crippen LogP) is 1.49. The van der Waals surface area contributed by atoms with Crippen LogP contribution in [0, 0.1) is 0 Å². The first kappa shape index (κ1) is 10.3. The topological polar surface area (TPSA) is 24.5 Å². The summed E-state index contributed by atoms with van der Waals surface area (Å²) in [5.41, 5.74) is 1.22. The second kappa shape index (κ2) is 5.03. The van der Waals surface area contributed by atoms with E-state index in [2.05, 4.69) is 29.3 Å². The third kappa shape index (κ3) is 2.42. The third-order valence-corrected chi connectivity index (χ3v) is 2.63. The Balaban J connectivity index is 2.02. The summed E-state index contributed by atoms with van der Waals surface area (Å²) in [4.78, 5) is 2.38. The molecule has 0 aliphatic carbocycles. The van der Waals surface area contributed by atoms with Crippen LogP contribution in [0.15, 0.2) is 24.3 Å². The van der Waals surface area contributed by atoms with E-state index in [9.17, 15) is 0 Å². The average Bonchev–Trinajstić information content (AvgIpc) is 2.30. The maximum atomic E-state index is 5.60. The highest BCUT2D eigenvalue weighted by atomic mass is 16.5. The maximum absolute atomic E-state index is 5.60. The first-order chi connectivity index (χ1) is 7.42. The maximum Gasteiger partial charge on any atom is 0.142 e. The number of anilines is 1. The van der Waals surface area contributed by atoms with E-state index < -0.39 is 0 Å². The normalized spacial score (nSPS) is 14.6. The van der Waals surface area contributed by atoms with Crippen molar-refractivity contribution in [1.82, 2.24) is 5.32 Å². The number of para-hydroxylation sites is 2. The Bertz CT molecular complexity index is 314. The molecule has 2 rings (SSSR count). The molecule has 82 valence electrons. The Labute approximate surface area is 91.0 Å². The summed E-state index contributed by atoms with van der Waals surface area (Å²) in [6.45, 7) is 7.03. The molecule has 0 saturated heterocycles. The predicted molar refractivity (Wildman–Crippen MR) is 62.7 cm³/mol. The highest BCUT2D eigenvalue weighted by Crippen LogP contribution is 2.30. The molecule has 3 nitrogen and oxygen atoms in total. The fraction of sp³-hybridized carbons (Fsp3) is 0.500. The van der Waals surface area contributed by atoms with Crippen LogP contribution in [0.1, 0.15) is 6.92 Å². The van der Waals surface area contributed by atoms with Gasteiger partial charge in [-0.3, -0.25) is 0 Å². The van der Waals surface area contributed by atoms with Gasteiger partial charge in [0.2, 0.25) is 0 Å². The molecule has 0 unspecified atom stereocenters. The summed E-state index contributed by atoms with van der Waals surface area (Å²) in [6, 6.07) is 8.25. The molecule has 1 aromatic carbocycles. The smallest absolute Gasteiger partial charge is 0.142 e. The minimum Gasteiger partial charge on any atom is -0.490 e. The van der Waals surface area contributed by atoms with Crippen LogP contribution in [0.2, 0.25) is 0 Å². The van der Waals surface area contributed by atoms with Crippen molar-refractivity contribution >= 4 is 5.69 Å². The van der Waals surface area contributed by atoms with Gasteiger partial charge in [-0.2, -0.15) is 0 Å². The lowest BCUT2D eigenvalue weighted by atomic mass is 10.2. The number of nitrogens with one attached hydrogen (secondary N) is 1. The number of fused-ring (bicyclic) bond motifs is 1. The number of nitrogens with zero attached hydrogens (tertiary/aromatic N) is 1. The molecule has 0 amide bonds. The molecule has 1 aliphatic rings. The van der Waals surface area contributed by atoms with Crippen LogP contribution < -0.4 is 15.0 Å². The molecule has 0 saturated carbocycles. The standard InChI is InChI=1S/C12H18N2O/c1-2-13-7-8-14-9-10-15-12-6-4-3-5-11(12)14/h3-6,13H,2,7-10H2,1H3. The molecule has 0 spiro atoms. The molecule has 0 aromatic heterocycles. The van der Waals surface area contributed by atoms with Crippen LogP contribution in [0.5, 0.6) is 5.75 Å². The van der Waals surface area contributed by atoms with Crippen molar-refractivity contribution in [2.75, 3.05) is 37.7 Å². The molecule has 15 heavy (non-hydrogen) atoms. The van der Waals surface area contributed by atoms with Crippen molar-refractivity contribution in [2.45, 2.75) is 6.92 Å². The van der Waals surface area contributed by atoms with Gasteiger partial charge in [0.25, 0.3) is 0 Å². The number of likely N-dealkylation sites (N-methyl/N-ethyl adjacent to an activating group) is 1. The second-order valence-electron chi connectivity index (χ2n) is 3.66. The van der Waals surface area contributed by atoms with E-state index in [1.54, 1.807) is 0 Å². The summed E-state index contributed by atoms with van der Waals surface area (Å²) in [6.07, 6.45) is 0. The Morgan fingerprint density at radius 1 is 1.40 bits per heavy atom. The van der Waals surface area contributed by atoms with Gasteiger partial charge < -0.3 is 15.0 Å². The van der Waals surface area contributed by atoms with Gasteiger partial charge in [-0.05, 0) is 18.7 Å². The van der Waals surface area contributed by atoms with Gasteiger partial charge in [0.05, 0.1) is 12.2 Å². The van der Waals surface area contributed by atoms with Crippen LogP contribution in [-0.2, 0) is 0 Å². The Kier molecular flexibility index (Phi) is 3.45. The van der Waals surface area contributed by atoms with Crippen molar-refractivity contribution in [3.63, 3.8) is 0 Å². The molecular weight excluding hydrogens is 188 g/mol. The molecule has 0 bridgehead atoms. The van der Waals surface area contributed by atoms with Gasteiger partial charge in [0.15, 0.2) is 0 Å². The lowest BCUT2D eigenvalue weighted by Gasteiger charge is -2.31. The van der Waals surface area contributed by atoms with E-state index in [0.29, 0.717) is 0 Å². The fourth-order valence-corrected chi connectivity index (χ4v) is 1.85. The van der Waals surface area contributed by atoms with Gasteiger partial charge in [-0.25, -0.2) is 0 Å². The highest BCUT2D eigenvalue weighted by Gasteiger charge is 2.16. The number of hydrogen-bond donors (Lipinski definition) is 1. The van der Waals surface area contributed by atoms with Crippen LogP contribution >= 0.6 is 0 Å². The zero-order chi connectivity index (χ0) is 10.5. The summed E-state index contributed by atoms with van der Waals surface area (Å²) >= 11 is 0. The molecule has 1 aliphatic heterocycles. The van der Waals surface area contributed by atoms with Crippen molar-refractivity contribution in [2.24, 2.45) is 0 Å². The Hall–Kier alpha value is -1.22. The molecule has 0 radical (unpaired) electrons. The van der Waals surface area contributed by atoms with Gasteiger partial charge >= 0.3 is 0 Å². The van der Waals surface area contributed by atoms with Gasteiger partial charge in [0, 0.05) is 13.1 Å². The van der Waals surface area contributed by atoms with E-state index in [4.69, 9.17) is 4.74 Å². The third-order valence-electron chi connectivity index (χ3n) is 2.63. The zero-order valence-corrected chi connectivity index (χ0v) is 9.20. The fourth-order valence-electron chi connectivity index (χ4n) is 1.85.